The highest BCUT2D eigenvalue weighted by molar-refractivity contribution is 4.80. The Hall–Kier alpha value is -0.0800. The van der Waals surface area contributed by atoms with Crippen LogP contribution in [0.5, 0.6) is 0 Å². The van der Waals surface area contributed by atoms with Crippen LogP contribution in [0.1, 0.15) is 207 Å². The van der Waals surface area contributed by atoms with Gasteiger partial charge < -0.3 is 10.2 Å². The van der Waals surface area contributed by atoms with Gasteiger partial charge in [0.05, 0.1) is 11.2 Å². The first-order chi connectivity index (χ1) is 17.4. The number of unbranched alkanes of at least 4 members (excludes halogenated alkanes) is 17. The van der Waals surface area contributed by atoms with E-state index in [4.69, 9.17) is 0 Å². The van der Waals surface area contributed by atoms with E-state index in [0.717, 1.165) is 38.5 Å². The third-order valence-corrected chi connectivity index (χ3v) is 8.52. The summed E-state index contributed by atoms with van der Waals surface area (Å²) in [5, 5.41) is 22.6. The Morgan fingerprint density at radius 2 is 0.444 bits per heavy atom. The van der Waals surface area contributed by atoms with Gasteiger partial charge >= 0.3 is 0 Å². The molecule has 0 amide bonds. The molecule has 2 N–H and O–H groups in total. The van der Waals surface area contributed by atoms with Gasteiger partial charge in [-0.25, -0.2) is 0 Å². The number of hydrogen-bond acceptors (Lipinski definition) is 2. The molecule has 0 saturated heterocycles. The van der Waals surface area contributed by atoms with E-state index in [0.29, 0.717) is 0 Å². The van der Waals surface area contributed by atoms with E-state index in [9.17, 15) is 10.2 Å². The molecule has 36 heavy (non-hydrogen) atoms. The van der Waals surface area contributed by atoms with E-state index in [2.05, 4.69) is 27.7 Å². The van der Waals surface area contributed by atoms with Crippen molar-refractivity contribution in [3.63, 3.8) is 0 Å². The Labute approximate surface area is 228 Å². The third kappa shape index (κ3) is 22.0. The molecule has 0 atom stereocenters. The fourth-order valence-corrected chi connectivity index (χ4v) is 5.89. The second-order valence-electron chi connectivity index (χ2n) is 12.3. The zero-order valence-corrected chi connectivity index (χ0v) is 25.7. The van der Waals surface area contributed by atoms with Gasteiger partial charge in [0.15, 0.2) is 0 Å². The average molecular weight is 511 g/mol. The predicted octanol–water partition coefficient (Wildman–Crippen LogP) is 11.5. The first-order valence-electron chi connectivity index (χ1n) is 16.9. The fraction of sp³-hybridized carbons (Fsp3) is 1.00. The van der Waals surface area contributed by atoms with Crippen LogP contribution in [0.25, 0.3) is 0 Å². The quantitative estimate of drug-likeness (QED) is 0.0982. The van der Waals surface area contributed by atoms with Crippen LogP contribution < -0.4 is 0 Å². The van der Waals surface area contributed by atoms with Gasteiger partial charge in [-0.2, -0.15) is 0 Å². The number of rotatable bonds is 29. The minimum atomic E-state index is -0.409. The van der Waals surface area contributed by atoms with Crippen molar-refractivity contribution in [2.24, 2.45) is 0 Å². The second kappa shape index (κ2) is 25.2. The molecular weight excluding hydrogens is 440 g/mol. The highest BCUT2D eigenvalue weighted by atomic mass is 16.3. The van der Waals surface area contributed by atoms with Gasteiger partial charge in [0.2, 0.25) is 0 Å². The standard InChI is InChI=1S/C34H70O2/c1-5-9-13-21-27-33(35,28-22-14-10-6-2)31-25-19-17-18-20-26-32-34(36,29-23-15-11-7-3)30-24-16-12-8-4/h35-36H,5-32H2,1-4H3. The minimum Gasteiger partial charge on any atom is -0.390 e. The summed E-state index contributed by atoms with van der Waals surface area (Å²) in [6, 6.07) is 0. The van der Waals surface area contributed by atoms with Crippen molar-refractivity contribution in [1.82, 2.24) is 0 Å². The van der Waals surface area contributed by atoms with Crippen LogP contribution in [0.15, 0.2) is 0 Å². The van der Waals surface area contributed by atoms with Crippen molar-refractivity contribution in [3.8, 4) is 0 Å². The molecule has 0 spiro atoms. The first kappa shape index (κ1) is 35.9. The average Bonchev–Trinajstić information content (AvgIpc) is 2.87. The Morgan fingerprint density at radius 3 is 0.639 bits per heavy atom. The molecule has 0 bridgehead atoms. The monoisotopic (exact) mass is 511 g/mol. The summed E-state index contributed by atoms with van der Waals surface area (Å²) in [5.74, 6) is 0. The first-order valence-corrected chi connectivity index (χ1v) is 16.9. The molecule has 0 aliphatic carbocycles. The van der Waals surface area contributed by atoms with Gasteiger partial charge in [-0.05, 0) is 38.5 Å². The predicted molar refractivity (Wildman–Crippen MR) is 162 cm³/mol. The van der Waals surface area contributed by atoms with Crippen LogP contribution in [0.2, 0.25) is 0 Å². The smallest absolute Gasteiger partial charge is 0.0647 e. The molecule has 0 aromatic heterocycles. The summed E-state index contributed by atoms with van der Waals surface area (Å²) in [7, 11) is 0. The molecule has 2 heteroatoms. The summed E-state index contributed by atoms with van der Waals surface area (Å²) in [4.78, 5) is 0. The number of aliphatic hydroxyl groups is 2. The van der Waals surface area contributed by atoms with Gasteiger partial charge in [0, 0.05) is 0 Å². The third-order valence-electron chi connectivity index (χ3n) is 8.52. The van der Waals surface area contributed by atoms with E-state index in [1.165, 1.54) is 141 Å². The SMILES string of the molecule is CCCCCCC(O)(CCCCCC)CCCCCCCCC(O)(CCCCCC)CCCCCC. The maximum absolute atomic E-state index is 11.3. The molecule has 2 nitrogen and oxygen atoms in total. The fourth-order valence-electron chi connectivity index (χ4n) is 5.89. The summed E-state index contributed by atoms with van der Waals surface area (Å²) in [6.07, 6.45) is 33.6. The highest BCUT2D eigenvalue weighted by Crippen LogP contribution is 2.30. The van der Waals surface area contributed by atoms with Crippen molar-refractivity contribution in [3.05, 3.63) is 0 Å². The largest absolute Gasteiger partial charge is 0.390 e. The lowest BCUT2D eigenvalue weighted by molar-refractivity contribution is 0.00583. The van der Waals surface area contributed by atoms with Gasteiger partial charge in [-0.1, -0.05) is 169 Å². The van der Waals surface area contributed by atoms with Gasteiger partial charge in [-0.3, -0.25) is 0 Å². The Balaban J connectivity index is 4.22. The molecule has 0 aromatic carbocycles. The Bertz CT molecular complexity index is 369. The molecule has 218 valence electrons. The molecule has 0 aliphatic heterocycles. The van der Waals surface area contributed by atoms with E-state index < -0.39 is 11.2 Å². The van der Waals surface area contributed by atoms with Crippen molar-refractivity contribution in [2.45, 2.75) is 219 Å². The minimum absolute atomic E-state index is 0.409. The topological polar surface area (TPSA) is 40.5 Å². The van der Waals surface area contributed by atoms with Crippen molar-refractivity contribution >= 4 is 0 Å². The van der Waals surface area contributed by atoms with Crippen LogP contribution in [-0.4, -0.2) is 21.4 Å². The molecule has 0 radical (unpaired) electrons. The second-order valence-corrected chi connectivity index (χ2v) is 12.3. The normalized spacial score (nSPS) is 12.5. The molecule has 0 unspecified atom stereocenters. The number of hydrogen-bond donors (Lipinski definition) is 2. The van der Waals surface area contributed by atoms with Gasteiger partial charge in [0.1, 0.15) is 0 Å². The lowest BCUT2D eigenvalue weighted by atomic mass is 9.84. The van der Waals surface area contributed by atoms with E-state index in [1.54, 1.807) is 0 Å². The van der Waals surface area contributed by atoms with Gasteiger partial charge in [0.25, 0.3) is 0 Å². The molecule has 0 fully saturated rings. The zero-order valence-electron chi connectivity index (χ0n) is 25.7. The summed E-state index contributed by atoms with van der Waals surface area (Å²) < 4.78 is 0. The molecule has 0 aliphatic rings. The summed E-state index contributed by atoms with van der Waals surface area (Å²) in [5.41, 5.74) is -0.818. The Kier molecular flexibility index (Phi) is 25.2. The van der Waals surface area contributed by atoms with Crippen molar-refractivity contribution in [2.75, 3.05) is 0 Å². The lowest BCUT2D eigenvalue weighted by Crippen LogP contribution is -2.28. The highest BCUT2D eigenvalue weighted by Gasteiger charge is 2.26. The molecule has 0 rings (SSSR count). The van der Waals surface area contributed by atoms with Gasteiger partial charge in [-0.15, -0.1) is 0 Å². The molecule has 0 saturated carbocycles. The lowest BCUT2D eigenvalue weighted by Gasteiger charge is -2.29. The van der Waals surface area contributed by atoms with Crippen molar-refractivity contribution in [1.29, 1.82) is 0 Å². The van der Waals surface area contributed by atoms with Crippen LogP contribution in [0.3, 0.4) is 0 Å². The molecule has 0 aromatic rings. The van der Waals surface area contributed by atoms with Crippen molar-refractivity contribution < 1.29 is 10.2 Å². The molecular formula is C34H70O2. The van der Waals surface area contributed by atoms with Crippen LogP contribution in [-0.2, 0) is 0 Å². The van der Waals surface area contributed by atoms with Crippen LogP contribution in [0, 0.1) is 0 Å². The maximum atomic E-state index is 11.3. The van der Waals surface area contributed by atoms with E-state index >= 15 is 0 Å². The summed E-state index contributed by atoms with van der Waals surface area (Å²) >= 11 is 0. The maximum Gasteiger partial charge on any atom is 0.0647 e. The Morgan fingerprint density at radius 1 is 0.278 bits per heavy atom. The zero-order chi connectivity index (χ0) is 26.8. The van der Waals surface area contributed by atoms with E-state index in [-0.39, 0.29) is 0 Å². The molecule has 0 heterocycles. The summed E-state index contributed by atoms with van der Waals surface area (Å²) in [6.45, 7) is 9.05. The van der Waals surface area contributed by atoms with E-state index in [1.807, 2.05) is 0 Å². The van der Waals surface area contributed by atoms with Crippen LogP contribution in [0.4, 0.5) is 0 Å². The van der Waals surface area contributed by atoms with Crippen LogP contribution >= 0.6 is 0 Å².